The monoisotopic (exact) mass is 124 g/mol. The van der Waals surface area contributed by atoms with E-state index >= 15 is 0 Å². The Morgan fingerprint density at radius 3 is 2.56 bits per heavy atom. The van der Waals surface area contributed by atoms with Gasteiger partial charge in [-0.3, -0.25) is 0 Å². The van der Waals surface area contributed by atoms with Crippen molar-refractivity contribution in [2.24, 2.45) is 0 Å². The zero-order valence-electron chi connectivity index (χ0n) is 4.92. The van der Waals surface area contributed by atoms with Crippen molar-refractivity contribution in [3.8, 4) is 0 Å². The lowest BCUT2D eigenvalue weighted by atomic mass is 10.1. The number of hydrogen-bond donors (Lipinski definition) is 0. The van der Waals surface area contributed by atoms with Gasteiger partial charge in [-0.15, -0.1) is 0 Å². The zero-order chi connectivity index (χ0) is 5.82. The number of rotatable bonds is 0. The molecule has 2 nitrogen and oxygen atoms in total. The van der Waals surface area contributed by atoms with Crippen molar-refractivity contribution in [3.05, 3.63) is 29.9 Å². The normalized spacial score (nSPS) is 14.4. The van der Waals surface area contributed by atoms with E-state index in [1.54, 1.807) is 6.08 Å². The highest BCUT2D eigenvalue weighted by Gasteiger charge is 1.90. The van der Waals surface area contributed by atoms with Crippen LogP contribution in [-0.4, -0.2) is 11.4 Å². The van der Waals surface area contributed by atoms with E-state index in [4.69, 9.17) is 0 Å². The Balaban J connectivity index is 0.000000640. The third-order valence-corrected chi connectivity index (χ3v) is 1.01. The molecule has 2 N–H and O–H groups in total. The molecular weight excluding hydrogens is 116 g/mol. The Labute approximate surface area is 53.5 Å². The molecule has 0 unspecified atom stereocenters. The lowest BCUT2D eigenvalue weighted by Gasteiger charge is -1.92. The molecule has 0 fully saturated rings. The number of hydrogen-bond acceptors (Lipinski definition) is 1. The lowest BCUT2D eigenvalue weighted by molar-refractivity contribution is 0.567. The molecule has 0 saturated carbocycles. The van der Waals surface area contributed by atoms with Gasteiger partial charge in [0.2, 0.25) is 0 Å². The molecule has 0 atom stereocenters. The van der Waals surface area contributed by atoms with Crippen LogP contribution < -0.4 is 0 Å². The first-order valence-corrected chi connectivity index (χ1v) is 2.50. The van der Waals surface area contributed by atoms with Gasteiger partial charge in [0.15, 0.2) is 0 Å². The van der Waals surface area contributed by atoms with E-state index in [-0.39, 0.29) is 5.48 Å². The van der Waals surface area contributed by atoms with E-state index in [1.807, 2.05) is 24.2 Å². The van der Waals surface area contributed by atoms with Crippen molar-refractivity contribution in [2.75, 3.05) is 0 Å². The maximum Gasteiger partial charge on any atom is 0.128 e. The van der Waals surface area contributed by atoms with Crippen molar-refractivity contribution in [2.45, 2.75) is 6.42 Å². The summed E-state index contributed by atoms with van der Waals surface area (Å²) < 4.78 is 0. The molecule has 48 valence electrons. The van der Waals surface area contributed by atoms with Crippen molar-refractivity contribution in [1.82, 2.24) is 0 Å². The summed E-state index contributed by atoms with van der Waals surface area (Å²) in [4.78, 5) is 9.91. The molecule has 0 spiro atoms. The van der Waals surface area contributed by atoms with Crippen molar-refractivity contribution in [1.29, 1.82) is 0 Å². The van der Waals surface area contributed by atoms with Crippen LogP contribution in [0, 0.1) is 0 Å². The van der Waals surface area contributed by atoms with E-state index in [1.165, 1.54) is 0 Å². The highest BCUT2D eigenvalue weighted by atomic mass is 16.1. The summed E-state index contributed by atoms with van der Waals surface area (Å²) in [6, 6.07) is 0. The molecule has 1 aliphatic carbocycles. The van der Waals surface area contributed by atoms with Gasteiger partial charge in [-0.05, 0) is 6.08 Å². The van der Waals surface area contributed by atoms with Crippen molar-refractivity contribution >= 4 is 5.94 Å². The zero-order valence-corrected chi connectivity index (χ0v) is 4.92. The average molecular weight is 124 g/mol. The maximum atomic E-state index is 9.91. The predicted molar refractivity (Wildman–Crippen MR) is 35.7 cm³/mol. The lowest BCUT2D eigenvalue weighted by Crippen LogP contribution is -1.78. The van der Waals surface area contributed by atoms with E-state index in [2.05, 4.69) is 0 Å². The van der Waals surface area contributed by atoms with Gasteiger partial charge in [-0.25, -0.2) is 4.79 Å². The van der Waals surface area contributed by atoms with Crippen LogP contribution in [0.1, 0.15) is 6.42 Å². The van der Waals surface area contributed by atoms with Crippen LogP contribution in [0.2, 0.25) is 0 Å². The van der Waals surface area contributed by atoms with Gasteiger partial charge in [-0.1, -0.05) is 18.2 Å². The van der Waals surface area contributed by atoms with E-state index < -0.39 is 0 Å². The fourth-order valence-electron chi connectivity index (χ4n) is 0.589. The smallest absolute Gasteiger partial charge is 0.128 e. The van der Waals surface area contributed by atoms with Crippen LogP contribution in [0.25, 0.3) is 0 Å². The minimum absolute atomic E-state index is 0. The van der Waals surface area contributed by atoms with Gasteiger partial charge < -0.3 is 5.48 Å². The topological polar surface area (TPSA) is 48.6 Å². The second-order valence-corrected chi connectivity index (χ2v) is 1.62. The molecule has 0 aromatic carbocycles. The molecule has 0 saturated heterocycles. The van der Waals surface area contributed by atoms with Crippen LogP contribution in [-0.2, 0) is 4.79 Å². The summed E-state index contributed by atoms with van der Waals surface area (Å²) in [6.45, 7) is 0. The largest absolute Gasteiger partial charge is 0.412 e. The SMILES string of the molecule is O.O=C=C1C=CC=CC1. The van der Waals surface area contributed by atoms with E-state index in [0.717, 1.165) is 12.0 Å². The summed E-state index contributed by atoms with van der Waals surface area (Å²) in [7, 11) is 0. The summed E-state index contributed by atoms with van der Waals surface area (Å²) in [5.41, 5.74) is 0.729. The van der Waals surface area contributed by atoms with Crippen LogP contribution in [0.4, 0.5) is 0 Å². The summed E-state index contributed by atoms with van der Waals surface area (Å²) >= 11 is 0. The highest BCUT2D eigenvalue weighted by Crippen LogP contribution is 2.04. The third kappa shape index (κ3) is 2.08. The van der Waals surface area contributed by atoms with Crippen molar-refractivity contribution in [3.63, 3.8) is 0 Å². The number of allylic oxidation sites excluding steroid dienone is 5. The third-order valence-electron chi connectivity index (χ3n) is 1.01. The van der Waals surface area contributed by atoms with Crippen molar-refractivity contribution < 1.29 is 10.3 Å². The van der Waals surface area contributed by atoms with Gasteiger partial charge in [0, 0.05) is 12.0 Å². The maximum absolute atomic E-state index is 9.91. The fraction of sp³-hybridized carbons (Fsp3) is 0.143. The van der Waals surface area contributed by atoms with Crippen LogP contribution in [0.3, 0.4) is 0 Å². The Bertz CT molecular complexity index is 183. The Hall–Kier alpha value is -1.11. The molecule has 0 aliphatic heterocycles. The molecule has 0 aromatic rings. The van der Waals surface area contributed by atoms with E-state index in [0.29, 0.717) is 0 Å². The fourth-order valence-corrected chi connectivity index (χ4v) is 0.589. The molecule has 1 rings (SSSR count). The molecular formula is C7H8O2. The first-order valence-electron chi connectivity index (χ1n) is 2.50. The quantitative estimate of drug-likeness (QED) is 0.432. The average Bonchev–Trinajstić information content (AvgIpc) is 1.90. The molecule has 0 heterocycles. The molecule has 2 heteroatoms. The summed E-state index contributed by atoms with van der Waals surface area (Å²) in [6.07, 6.45) is 8.19. The minimum atomic E-state index is 0. The molecule has 0 bridgehead atoms. The molecule has 0 radical (unpaired) electrons. The van der Waals surface area contributed by atoms with Crippen LogP contribution in [0.15, 0.2) is 29.9 Å². The number of carbonyl (C=O) groups excluding carboxylic acids is 1. The van der Waals surface area contributed by atoms with Gasteiger partial charge in [-0.2, -0.15) is 0 Å². The molecule has 0 aromatic heterocycles. The Morgan fingerprint density at radius 2 is 2.22 bits per heavy atom. The first-order chi connectivity index (χ1) is 3.93. The van der Waals surface area contributed by atoms with Crippen LogP contribution in [0.5, 0.6) is 0 Å². The first kappa shape index (κ1) is 7.89. The molecule has 9 heavy (non-hydrogen) atoms. The van der Waals surface area contributed by atoms with Gasteiger partial charge in [0.05, 0.1) is 0 Å². The Kier molecular flexibility index (Phi) is 3.37. The summed E-state index contributed by atoms with van der Waals surface area (Å²) in [5.74, 6) is 1.83. The minimum Gasteiger partial charge on any atom is -0.412 e. The van der Waals surface area contributed by atoms with Crippen LogP contribution >= 0.6 is 0 Å². The van der Waals surface area contributed by atoms with Gasteiger partial charge in [0.1, 0.15) is 5.94 Å². The standard InChI is InChI=1S/C7H6O.H2O/c8-6-7-4-2-1-3-5-7;/h1-4H,5H2;1H2. The summed E-state index contributed by atoms with van der Waals surface area (Å²) in [5, 5.41) is 0. The molecule has 0 amide bonds. The molecule has 1 aliphatic rings. The van der Waals surface area contributed by atoms with E-state index in [9.17, 15) is 4.79 Å². The highest BCUT2D eigenvalue weighted by molar-refractivity contribution is 5.59. The predicted octanol–water partition coefficient (Wildman–Crippen LogP) is 0.436. The Morgan fingerprint density at radius 1 is 1.44 bits per heavy atom. The second kappa shape index (κ2) is 3.84. The van der Waals surface area contributed by atoms with Gasteiger partial charge >= 0.3 is 0 Å². The van der Waals surface area contributed by atoms with Gasteiger partial charge in [0.25, 0.3) is 0 Å². The second-order valence-electron chi connectivity index (χ2n) is 1.62.